The summed E-state index contributed by atoms with van der Waals surface area (Å²) in [6, 6.07) is 6.64. The van der Waals surface area contributed by atoms with E-state index in [2.05, 4.69) is 15.5 Å². The lowest BCUT2D eigenvalue weighted by Gasteiger charge is -2.36. The fourth-order valence-corrected chi connectivity index (χ4v) is 3.99. The van der Waals surface area contributed by atoms with Crippen molar-refractivity contribution in [2.45, 2.75) is 17.2 Å². The monoisotopic (exact) mass is 409 g/mol. The summed E-state index contributed by atoms with van der Waals surface area (Å²) in [5.41, 5.74) is 0.561. The summed E-state index contributed by atoms with van der Waals surface area (Å²) < 4.78 is 14.6. The van der Waals surface area contributed by atoms with Crippen molar-refractivity contribution in [3.8, 4) is 0 Å². The Kier molecular flexibility index (Phi) is 6.62. The number of amides is 2. The number of aromatic nitrogens is 2. The molecule has 0 radical (unpaired) electrons. The summed E-state index contributed by atoms with van der Waals surface area (Å²) in [5, 5.41) is 10.9. The summed E-state index contributed by atoms with van der Waals surface area (Å²) >= 11 is 2.76. The number of benzene rings is 1. The summed E-state index contributed by atoms with van der Waals surface area (Å²) in [6.45, 7) is 2.17. The molecule has 27 heavy (non-hydrogen) atoms. The Morgan fingerprint density at radius 3 is 2.59 bits per heavy atom. The van der Waals surface area contributed by atoms with E-state index in [0.29, 0.717) is 37.0 Å². The van der Waals surface area contributed by atoms with Crippen LogP contribution in [-0.2, 0) is 9.59 Å². The van der Waals surface area contributed by atoms with E-state index in [1.807, 2.05) is 11.2 Å². The van der Waals surface area contributed by atoms with Crippen LogP contribution in [0.5, 0.6) is 0 Å². The molecule has 1 aliphatic heterocycles. The lowest BCUT2D eigenvalue weighted by Crippen LogP contribution is -2.49. The molecule has 0 unspecified atom stereocenters. The smallest absolute Gasteiger partial charge is 0.226 e. The topological polar surface area (TPSA) is 78.4 Å². The first-order valence-electron chi connectivity index (χ1n) is 8.51. The van der Waals surface area contributed by atoms with Crippen LogP contribution in [0, 0.1) is 5.82 Å². The molecule has 144 valence electrons. The lowest BCUT2D eigenvalue weighted by atomic mass is 10.2. The van der Waals surface area contributed by atoms with Crippen LogP contribution in [0.3, 0.4) is 0 Å². The third kappa shape index (κ3) is 5.16. The molecule has 1 aromatic carbocycles. The van der Waals surface area contributed by atoms with Crippen LogP contribution in [0.25, 0.3) is 0 Å². The van der Waals surface area contributed by atoms with E-state index in [-0.39, 0.29) is 30.5 Å². The van der Waals surface area contributed by atoms with Gasteiger partial charge < -0.3 is 15.1 Å². The molecule has 1 saturated heterocycles. The number of hydrogen-bond donors (Lipinski definition) is 1. The van der Waals surface area contributed by atoms with Gasteiger partial charge in [0.2, 0.25) is 16.9 Å². The van der Waals surface area contributed by atoms with Gasteiger partial charge in [-0.25, -0.2) is 4.39 Å². The molecule has 2 aromatic rings. The highest BCUT2D eigenvalue weighted by Gasteiger charge is 2.23. The van der Waals surface area contributed by atoms with Crippen molar-refractivity contribution in [1.29, 1.82) is 0 Å². The molecule has 1 fully saturated rings. The maximum atomic E-state index is 13.9. The number of rotatable bonds is 6. The first-order valence-corrected chi connectivity index (χ1v) is 10.6. The number of carbonyl (C=O) groups is 2. The van der Waals surface area contributed by atoms with Crippen LogP contribution in [0.4, 0.5) is 15.2 Å². The zero-order chi connectivity index (χ0) is 19.2. The number of thioether (sulfide) groups is 1. The quantitative estimate of drug-likeness (QED) is 0.583. The van der Waals surface area contributed by atoms with Crippen LogP contribution in [-0.4, -0.2) is 59.3 Å². The molecule has 1 N–H and O–H groups in total. The Morgan fingerprint density at radius 1 is 1.19 bits per heavy atom. The number of anilines is 2. The summed E-state index contributed by atoms with van der Waals surface area (Å²) in [5.74, 6) is -0.576. The molecule has 7 nitrogen and oxygen atoms in total. The van der Waals surface area contributed by atoms with Gasteiger partial charge in [0.05, 0.1) is 5.69 Å². The third-order valence-electron chi connectivity index (χ3n) is 4.22. The van der Waals surface area contributed by atoms with Crippen molar-refractivity contribution < 1.29 is 14.0 Å². The van der Waals surface area contributed by atoms with E-state index >= 15 is 0 Å². The van der Waals surface area contributed by atoms with Gasteiger partial charge in [0.1, 0.15) is 5.82 Å². The first kappa shape index (κ1) is 19.6. The Bertz CT molecular complexity index is 808. The molecule has 0 atom stereocenters. The van der Waals surface area contributed by atoms with Gasteiger partial charge in [-0.3, -0.25) is 9.59 Å². The number of hydrogen-bond acceptors (Lipinski definition) is 7. The maximum absolute atomic E-state index is 13.9. The number of piperazine rings is 1. The zero-order valence-electron chi connectivity index (χ0n) is 14.9. The minimum absolute atomic E-state index is 0.0691. The molecule has 0 bridgehead atoms. The largest absolute Gasteiger partial charge is 0.366 e. The normalized spacial score (nSPS) is 14.3. The van der Waals surface area contributed by atoms with Gasteiger partial charge in [-0.1, -0.05) is 35.2 Å². The van der Waals surface area contributed by atoms with Crippen LogP contribution in [0.1, 0.15) is 12.8 Å². The molecule has 0 saturated carbocycles. The lowest BCUT2D eigenvalue weighted by molar-refractivity contribution is -0.133. The average Bonchev–Trinajstić information content (AvgIpc) is 3.14. The highest BCUT2D eigenvalue weighted by Crippen LogP contribution is 2.23. The molecule has 1 aliphatic rings. The molecule has 2 amide bonds. The molecule has 2 heterocycles. The van der Waals surface area contributed by atoms with Crippen LogP contribution in [0.15, 0.2) is 28.6 Å². The highest BCUT2D eigenvalue weighted by atomic mass is 32.2. The Balaban J connectivity index is 1.43. The van der Waals surface area contributed by atoms with E-state index < -0.39 is 0 Å². The predicted molar refractivity (Wildman–Crippen MR) is 105 cm³/mol. The second kappa shape index (κ2) is 9.14. The first-order chi connectivity index (χ1) is 13.1. The summed E-state index contributed by atoms with van der Waals surface area (Å²) in [4.78, 5) is 28.0. The number of carbonyl (C=O) groups excluding carboxylic acids is 2. The fourth-order valence-electron chi connectivity index (χ4n) is 2.81. The SMILES string of the molecule is CSc1nnc(NC(=O)CCC(=O)N2CCN(c3ccccc3F)CC2)s1. The van der Waals surface area contributed by atoms with E-state index in [4.69, 9.17) is 0 Å². The maximum Gasteiger partial charge on any atom is 0.226 e. The van der Waals surface area contributed by atoms with E-state index in [1.54, 1.807) is 23.1 Å². The molecule has 1 aromatic heterocycles. The fraction of sp³-hybridized carbons (Fsp3) is 0.412. The van der Waals surface area contributed by atoms with Crippen LogP contribution < -0.4 is 10.2 Å². The van der Waals surface area contributed by atoms with Gasteiger partial charge in [0.15, 0.2) is 4.34 Å². The second-order valence-corrected chi connectivity index (χ2v) is 7.98. The highest BCUT2D eigenvalue weighted by molar-refractivity contribution is 8.00. The van der Waals surface area contributed by atoms with Crippen molar-refractivity contribution in [3.63, 3.8) is 0 Å². The Morgan fingerprint density at radius 2 is 1.93 bits per heavy atom. The minimum Gasteiger partial charge on any atom is -0.366 e. The van der Waals surface area contributed by atoms with E-state index in [9.17, 15) is 14.0 Å². The van der Waals surface area contributed by atoms with Gasteiger partial charge in [-0.2, -0.15) is 0 Å². The molecular formula is C17H20FN5O2S2. The van der Waals surface area contributed by atoms with Crippen molar-refractivity contribution in [3.05, 3.63) is 30.1 Å². The number of nitrogens with zero attached hydrogens (tertiary/aromatic N) is 4. The van der Waals surface area contributed by atoms with E-state index in [1.165, 1.54) is 29.2 Å². The van der Waals surface area contributed by atoms with Gasteiger partial charge in [-0.05, 0) is 18.4 Å². The van der Waals surface area contributed by atoms with E-state index in [0.717, 1.165) is 4.34 Å². The molecule has 10 heteroatoms. The summed E-state index contributed by atoms with van der Waals surface area (Å²) in [6.07, 6.45) is 2.12. The molecule has 0 spiro atoms. The number of nitrogens with one attached hydrogen (secondary N) is 1. The molecule has 3 rings (SSSR count). The second-order valence-electron chi connectivity index (χ2n) is 5.94. The van der Waals surface area contributed by atoms with Crippen LogP contribution in [0.2, 0.25) is 0 Å². The Labute approximate surface area is 164 Å². The molecular weight excluding hydrogens is 389 g/mol. The van der Waals surface area contributed by atoms with Crippen LogP contribution >= 0.6 is 23.1 Å². The zero-order valence-corrected chi connectivity index (χ0v) is 16.5. The summed E-state index contributed by atoms with van der Waals surface area (Å²) in [7, 11) is 0. The standard InChI is InChI=1S/C17H20FN5O2S2/c1-26-17-21-20-16(27-17)19-14(24)6-7-15(25)23-10-8-22(9-11-23)13-5-3-2-4-12(13)18/h2-5H,6-11H2,1H3,(H,19,20,24). The Hall–Kier alpha value is -2.20. The van der Waals surface area contributed by atoms with Gasteiger partial charge >= 0.3 is 0 Å². The number of halogens is 1. The van der Waals surface area contributed by atoms with Gasteiger partial charge in [0.25, 0.3) is 0 Å². The number of para-hydroxylation sites is 1. The average molecular weight is 410 g/mol. The van der Waals surface area contributed by atoms with Gasteiger partial charge in [-0.15, -0.1) is 10.2 Å². The van der Waals surface area contributed by atoms with Crippen molar-refractivity contribution in [2.24, 2.45) is 0 Å². The van der Waals surface area contributed by atoms with Crippen molar-refractivity contribution in [1.82, 2.24) is 15.1 Å². The van der Waals surface area contributed by atoms with Crippen molar-refractivity contribution in [2.75, 3.05) is 42.7 Å². The van der Waals surface area contributed by atoms with Crippen molar-refractivity contribution >= 4 is 45.7 Å². The molecule has 0 aliphatic carbocycles. The van der Waals surface area contributed by atoms with Gasteiger partial charge in [0, 0.05) is 39.0 Å². The third-order valence-corrected chi connectivity index (χ3v) is 6.03. The minimum atomic E-state index is -0.254. The predicted octanol–water partition coefficient (Wildman–Crippen LogP) is 2.47.